The molecule has 0 saturated carbocycles. The highest BCUT2D eigenvalue weighted by Gasteiger charge is 2.11. The van der Waals surface area contributed by atoms with Gasteiger partial charge in [-0.15, -0.1) is 0 Å². The highest BCUT2D eigenvalue weighted by molar-refractivity contribution is 5.37. The smallest absolute Gasteiger partial charge is 0.122 e. The third kappa shape index (κ3) is 3.86. The average Bonchev–Trinajstić information content (AvgIpc) is 2.25. The van der Waals surface area contributed by atoms with Crippen molar-refractivity contribution in [3.63, 3.8) is 0 Å². The molecular formula is C14H23NO. The van der Waals surface area contributed by atoms with Crippen LogP contribution in [0.3, 0.4) is 0 Å². The molecule has 0 atom stereocenters. The molecule has 0 amide bonds. The zero-order valence-corrected chi connectivity index (χ0v) is 10.8. The van der Waals surface area contributed by atoms with Crippen LogP contribution in [0.15, 0.2) is 18.2 Å². The Hall–Kier alpha value is -1.02. The van der Waals surface area contributed by atoms with Crippen molar-refractivity contribution in [1.82, 2.24) is 0 Å². The van der Waals surface area contributed by atoms with E-state index in [1.54, 1.807) is 7.11 Å². The van der Waals surface area contributed by atoms with Crippen LogP contribution in [-0.4, -0.2) is 12.6 Å². The van der Waals surface area contributed by atoms with Gasteiger partial charge in [-0.3, -0.25) is 0 Å². The van der Waals surface area contributed by atoms with Crippen LogP contribution in [-0.2, 0) is 12.8 Å². The molecule has 0 aliphatic carbocycles. The van der Waals surface area contributed by atoms with Gasteiger partial charge in [0.2, 0.25) is 0 Å². The van der Waals surface area contributed by atoms with E-state index in [1.165, 1.54) is 11.1 Å². The lowest BCUT2D eigenvalue weighted by Gasteiger charge is -2.18. The Bertz CT molecular complexity index is 339. The summed E-state index contributed by atoms with van der Waals surface area (Å²) >= 11 is 0. The third-order valence-corrected chi connectivity index (χ3v) is 2.78. The number of nitrogens with two attached hydrogens (primary N) is 1. The summed E-state index contributed by atoms with van der Waals surface area (Å²) in [5, 5.41) is 0. The van der Waals surface area contributed by atoms with Crippen LogP contribution in [0.4, 0.5) is 0 Å². The maximum atomic E-state index is 5.99. The van der Waals surface area contributed by atoms with E-state index in [0.717, 1.165) is 25.0 Å². The van der Waals surface area contributed by atoms with Crippen molar-refractivity contribution in [2.45, 2.75) is 45.6 Å². The Labute approximate surface area is 98.8 Å². The van der Waals surface area contributed by atoms with E-state index in [1.807, 2.05) is 0 Å². The summed E-state index contributed by atoms with van der Waals surface area (Å²) in [5.74, 6) is 0.984. The number of aryl methyl sites for hydroxylation is 2. The molecule has 2 nitrogen and oxygen atoms in total. The Kier molecular flexibility index (Phi) is 4.36. The van der Waals surface area contributed by atoms with Crippen molar-refractivity contribution in [3.8, 4) is 5.75 Å². The number of ether oxygens (including phenoxy) is 1. The highest BCUT2D eigenvalue weighted by atomic mass is 16.5. The molecule has 2 heteroatoms. The maximum Gasteiger partial charge on any atom is 0.122 e. The van der Waals surface area contributed by atoms with E-state index in [4.69, 9.17) is 10.5 Å². The first-order valence-electron chi connectivity index (χ1n) is 5.91. The van der Waals surface area contributed by atoms with E-state index < -0.39 is 0 Å². The van der Waals surface area contributed by atoms with Gasteiger partial charge in [-0.25, -0.2) is 0 Å². The predicted octanol–water partition coefficient (Wildman–Crippen LogP) is 2.93. The molecule has 0 aromatic heterocycles. The Balaban J connectivity index is 2.75. The molecule has 0 unspecified atom stereocenters. The minimum absolute atomic E-state index is 0.0910. The van der Waals surface area contributed by atoms with Gasteiger partial charge in [-0.2, -0.15) is 0 Å². The lowest BCUT2D eigenvalue weighted by Crippen LogP contribution is -2.32. The van der Waals surface area contributed by atoms with E-state index >= 15 is 0 Å². The predicted molar refractivity (Wildman–Crippen MR) is 69.0 cm³/mol. The summed E-state index contributed by atoms with van der Waals surface area (Å²) in [5.41, 5.74) is 8.51. The third-order valence-electron chi connectivity index (χ3n) is 2.78. The van der Waals surface area contributed by atoms with Crippen molar-refractivity contribution in [1.29, 1.82) is 0 Å². The van der Waals surface area contributed by atoms with Crippen molar-refractivity contribution >= 4 is 0 Å². The Morgan fingerprint density at radius 3 is 2.50 bits per heavy atom. The average molecular weight is 221 g/mol. The number of benzene rings is 1. The Morgan fingerprint density at radius 2 is 2.00 bits per heavy atom. The molecule has 0 bridgehead atoms. The highest BCUT2D eigenvalue weighted by Crippen LogP contribution is 2.22. The lowest BCUT2D eigenvalue weighted by atomic mass is 9.95. The van der Waals surface area contributed by atoms with Gasteiger partial charge in [0.05, 0.1) is 7.11 Å². The second-order valence-electron chi connectivity index (χ2n) is 4.99. The molecule has 0 heterocycles. The SMILES string of the molecule is CCc1cc(CCC(C)(C)N)ccc1OC. The van der Waals surface area contributed by atoms with Gasteiger partial charge in [-0.1, -0.05) is 19.1 Å². The van der Waals surface area contributed by atoms with Crippen molar-refractivity contribution in [2.75, 3.05) is 7.11 Å². The fourth-order valence-corrected chi connectivity index (χ4v) is 1.73. The van der Waals surface area contributed by atoms with Crippen LogP contribution in [0, 0.1) is 0 Å². The second kappa shape index (κ2) is 5.35. The molecule has 1 rings (SSSR count). The fraction of sp³-hybridized carbons (Fsp3) is 0.571. The molecular weight excluding hydrogens is 198 g/mol. The topological polar surface area (TPSA) is 35.2 Å². The van der Waals surface area contributed by atoms with E-state index in [9.17, 15) is 0 Å². The van der Waals surface area contributed by atoms with Gasteiger partial charge in [0.1, 0.15) is 5.75 Å². The quantitative estimate of drug-likeness (QED) is 0.829. The maximum absolute atomic E-state index is 5.99. The van der Waals surface area contributed by atoms with Crippen molar-refractivity contribution < 1.29 is 4.74 Å². The molecule has 0 aliphatic heterocycles. The zero-order chi connectivity index (χ0) is 12.2. The van der Waals surface area contributed by atoms with Crippen LogP contribution in [0.5, 0.6) is 5.75 Å². The van der Waals surface area contributed by atoms with Crippen LogP contribution < -0.4 is 10.5 Å². The molecule has 90 valence electrons. The van der Waals surface area contributed by atoms with Gasteiger partial charge in [0.25, 0.3) is 0 Å². The minimum atomic E-state index is -0.0910. The number of rotatable bonds is 5. The molecule has 1 aromatic rings. The molecule has 0 radical (unpaired) electrons. The normalized spacial score (nSPS) is 11.6. The van der Waals surface area contributed by atoms with E-state index in [2.05, 4.69) is 39.0 Å². The molecule has 1 aromatic carbocycles. The summed E-state index contributed by atoms with van der Waals surface area (Å²) in [6, 6.07) is 6.41. The minimum Gasteiger partial charge on any atom is -0.496 e. The summed E-state index contributed by atoms with van der Waals surface area (Å²) in [7, 11) is 1.72. The zero-order valence-electron chi connectivity index (χ0n) is 10.8. The van der Waals surface area contributed by atoms with Crippen molar-refractivity contribution in [2.24, 2.45) is 5.73 Å². The number of methoxy groups -OCH3 is 1. The Morgan fingerprint density at radius 1 is 1.31 bits per heavy atom. The van der Waals surface area contributed by atoms with Crippen LogP contribution in [0.2, 0.25) is 0 Å². The van der Waals surface area contributed by atoms with Gasteiger partial charge in [0, 0.05) is 5.54 Å². The van der Waals surface area contributed by atoms with Gasteiger partial charge < -0.3 is 10.5 Å². The van der Waals surface area contributed by atoms with Crippen LogP contribution >= 0.6 is 0 Å². The second-order valence-corrected chi connectivity index (χ2v) is 4.99. The standard InChI is InChI=1S/C14H23NO/c1-5-12-10-11(6-7-13(12)16-4)8-9-14(2,3)15/h6-7,10H,5,8-9,15H2,1-4H3. The monoisotopic (exact) mass is 221 g/mol. The van der Waals surface area contributed by atoms with E-state index in [-0.39, 0.29) is 5.54 Å². The number of hydrogen-bond acceptors (Lipinski definition) is 2. The van der Waals surface area contributed by atoms with Gasteiger partial charge >= 0.3 is 0 Å². The summed E-state index contributed by atoms with van der Waals surface area (Å²) in [6.45, 7) is 6.28. The summed E-state index contributed by atoms with van der Waals surface area (Å²) in [4.78, 5) is 0. The molecule has 2 N–H and O–H groups in total. The summed E-state index contributed by atoms with van der Waals surface area (Å²) < 4.78 is 5.31. The summed E-state index contributed by atoms with van der Waals surface area (Å²) in [6.07, 6.45) is 3.03. The fourth-order valence-electron chi connectivity index (χ4n) is 1.73. The van der Waals surface area contributed by atoms with Crippen LogP contribution in [0.1, 0.15) is 38.3 Å². The first-order chi connectivity index (χ1) is 7.46. The number of hydrogen-bond donors (Lipinski definition) is 1. The lowest BCUT2D eigenvalue weighted by molar-refractivity contribution is 0.409. The molecule has 0 saturated heterocycles. The molecule has 0 spiro atoms. The van der Waals surface area contributed by atoms with Crippen molar-refractivity contribution in [3.05, 3.63) is 29.3 Å². The molecule has 16 heavy (non-hydrogen) atoms. The van der Waals surface area contributed by atoms with Crippen LogP contribution in [0.25, 0.3) is 0 Å². The molecule has 0 fully saturated rings. The molecule has 0 aliphatic rings. The first kappa shape index (κ1) is 13.0. The van der Waals surface area contributed by atoms with E-state index in [0.29, 0.717) is 0 Å². The van der Waals surface area contributed by atoms with Gasteiger partial charge in [-0.05, 0) is 50.3 Å². The largest absolute Gasteiger partial charge is 0.496 e. The van der Waals surface area contributed by atoms with Gasteiger partial charge in [0.15, 0.2) is 0 Å². The first-order valence-corrected chi connectivity index (χ1v) is 5.91.